The molecule has 0 bridgehead atoms. The quantitative estimate of drug-likeness (QED) is 0.821. The van der Waals surface area contributed by atoms with Crippen molar-refractivity contribution in [2.24, 2.45) is 5.92 Å². The number of nitrogens with zero attached hydrogens (tertiary/aromatic N) is 1. The number of hydrogen-bond acceptors (Lipinski definition) is 2. The highest BCUT2D eigenvalue weighted by Gasteiger charge is 2.18. The van der Waals surface area contributed by atoms with E-state index in [4.69, 9.17) is 0 Å². The molecular weight excluding hydrogens is 198 g/mol. The van der Waals surface area contributed by atoms with E-state index in [-0.39, 0.29) is 0 Å². The summed E-state index contributed by atoms with van der Waals surface area (Å²) in [5.74, 6) is 1.90. The van der Waals surface area contributed by atoms with Crippen LogP contribution in [0, 0.1) is 5.92 Å². The van der Waals surface area contributed by atoms with Crippen LogP contribution in [0.25, 0.3) is 11.0 Å². The Kier molecular flexibility index (Phi) is 2.40. The lowest BCUT2D eigenvalue weighted by Crippen LogP contribution is -2.43. The molecule has 84 valence electrons. The minimum absolute atomic E-state index is 0.770. The molecule has 3 rings (SSSR count). The van der Waals surface area contributed by atoms with Crippen molar-refractivity contribution in [3.05, 3.63) is 29.6 Å². The molecule has 1 fully saturated rings. The van der Waals surface area contributed by atoms with Crippen LogP contribution in [0.3, 0.4) is 0 Å². The molecule has 2 N–H and O–H groups in total. The molecule has 1 saturated heterocycles. The van der Waals surface area contributed by atoms with E-state index in [1.807, 2.05) is 0 Å². The van der Waals surface area contributed by atoms with Crippen LogP contribution < -0.4 is 5.32 Å². The van der Waals surface area contributed by atoms with Gasteiger partial charge in [0, 0.05) is 6.42 Å². The maximum absolute atomic E-state index is 4.63. The van der Waals surface area contributed by atoms with E-state index in [2.05, 4.69) is 40.4 Å². The number of aromatic amines is 1. The van der Waals surface area contributed by atoms with E-state index in [9.17, 15) is 0 Å². The predicted molar refractivity (Wildman–Crippen MR) is 65.5 cm³/mol. The molecule has 0 saturated carbocycles. The Labute approximate surface area is 95.3 Å². The van der Waals surface area contributed by atoms with Gasteiger partial charge in [-0.1, -0.05) is 13.0 Å². The summed E-state index contributed by atoms with van der Waals surface area (Å²) in [7, 11) is 0. The van der Waals surface area contributed by atoms with Crippen LogP contribution in [0.15, 0.2) is 18.2 Å². The molecule has 0 radical (unpaired) electrons. The molecule has 0 amide bonds. The van der Waals surface area contributed by atoms with Crippen LogP contribution in [0.2, 0.25) is 0 Å². The van der Waals surface area contributed by atoms with Gasteiger partial charge >= 0.3 is 0 Å². The van der Waals surface area contributed by atoms with Crippen molar-refractivity contribution >= 4 is 11.0 Å². The summed E-state index contributed by atoms with van der Waals surface area (Å²) in [4.78, 5) is 8.06. The Morgan fingerprint density at radius 1 is 1.38 bits per heavy atom. The topological polar surface area (TPSA) is 40.7 Å². The van der Waals surface area contributed by atoms with E-state index in [1.165, 1.54) is 11.1 Å². The maximum atomic E-state index is 4.63. The summed E-state index contributed by atoms with van der Waals surface area (Å²) in [5.41, 5.74) is 3.65. The SMILES string of the molecule is CCc1ccc2nc(CC3CNC3)[nH]c2c1. The number of fused-ring (bicyclic) bond motifs is 1. The number of aromatic nitrogens is 2. The van der Waals surface area contributed by atoms with Gasteiger partial charge in [0.25, 0.3) is 0 Å². The van der Waals surface area contributed by atoms with Gasteiger partial charge in [-0.05, 0) is 43.1 Å². The summed E-state index contributed by atoms with van der Waals surface area (Å²) in [6.07, 6.45) is 2.15. The summed E-state index contributed by atoms with van der Waals surface area (Å²) in [5, 5.41) is 3.29. The van der Waals surface area contributed by atoms with Gasteiger partial charge in [0.15, 0.2) is 0 Å². The number of rotatable bonds is 3. The smallest absolute Gasteiger partial charge is 0.107 e. The molecule has 1 aliphatic heterocycles. The Morgan fingerprint density at radius 3 is 2.94 bits per heavy atom. The monoisotopic (exact) mass is 215 g/mol. The van der Waals surface area contributed by atoms with Crippen molar-refractivity contribution in [3.8, 4) is 0 Å². The van der Waals surface area contributed by atoms with Crippen molar-refractivity contribution < 1.29 is 0 Å². The van der Waals surface area contributed by atoms with Gasteiger partial charge < -0.3 is 10.3 Å². The minimum Gasteiger partial charge on any atom is -0.342 e. The summed E-state index contributed by atoms with van der Waals surface area (Å²) >= 11 is 0. The molecule has 2 heterocycles. The predicted octanol–water partition coefficient (Wildman–Crippen LogP) is 1.89. The number of imidazole rings is 1. The maximum Gasteiger partial charge on any atom is 0.107 e. The first-order valence-electron chi connectivity index (χ1n) is 6.03. The third-order valence-corrected chi connectivity index (χ3v) is 3.35. The van der Waals surface area contributed by atoms with Crippen LogP contribution in [0.1, 0.15) is 18.3 Å². The van der Waals surface area contributed by atoms with Crippen molar-refractivity contribution in [3.63, 3.8) is 0 Å². The standard InChI is InChI=1S/C13H17N3/c1-2-9-3-4-11-12(5-9)16-13(15-11)6-10-7-14-8-10/h3-5,10,14H,2,6-8H2,1H3,(H,15,16). The average molecular weight is 215 g/mol. The largest absolute Gasteiger partial charge is 0.342 e. The molecule has 16 heavy (non-hydrogen) atoms. The van der Waals surface area contributed by atoms with Crippen LogP contribution in [-0.2, 0) is 12.8 Å². The molecule has 0 atom stereocenters. The number of nitrogens with one attached hydrogen (secondary N) is 2. The second kappa shape index (κ2) is 3.91. The van der Waals surface area contributed by atoms with E-state index in [0.717, 1.165) is 43.2 Å². The van der Waals surface area contributed by atoms with E-state index in [1.54, 1.807) is 0 Å². The minimum atomic E-state index is 0.770. The average Bonchev–Trinajstić information content (AvgIpc) is 2.64. The molecule has 0 aliphatic carbocycles. The van der Waals surface area contributed by atoms with Crippen molar-refractivity contribution in [2.45, 2.75) is 19.8 Å². The highest BCUT2D eigenvalue weighted by atomic mass is 15.0. The highest BCUT2D eigenvalue weighted by molar-refractivity contribution is 5.75. The number of H-pyrrole nitrogens is 1. The van der Waals surface area contributed by atoms with Gasteiger partial charge in [-0.15, -0.1) is 0 Å². The highest BCUT2D eigenvalue weighted by Crippen LogP contribution is 2.17. The van der Waals surface area contributed by atoms with Crippen molar-refractivity contribution in [1.29, 1.82) is 0 Å². The van der Waals surface area contributed by atoms with Crippen LogP contribution >= 0.6 is 0 Å². The first-order valence-corrected chi connectivity index (χ1v) is 6.03. The molecule has 0 unspecified atom stereocenters. The lowest BCUT2D eigenvalue weighted by atomic mass is 9.99. The van der Waals surface area contributed by atoms with Crippen LogP contribution in [0.5, 0.6) is 0 Å². The normalized spacial score (nSPS) is 16.6. The zero-order valence-electron chi connectivity index (χ0n) is 9.59. The molecule has 3 heteroatoms. The van der Waals surface area contributed by atoms with E-state index >= 15 is 0 Å². The third-order valence-electron chi connectivity index (χ3n) is 3.35. The van der Waals surface area contributed by atoms with Crippen LogP contribution in [-0.4, -0.2) is 23.1 Å². The number of hydrogen-bond donors (Lipinski definition) is 2. The van der Waals surface area contributed by atoms with Crippen molar-refractivity contribution in [2.75, 3.05) is 13.1 Å². The van der Waals surface area contributed by atoms with Gasteiger partial charge in [0.05, 0.1) is 11.0 Å². The second-order valence-electron chi connectivity index (χ2n) is 4.62. The fourth-order valence-electron chi connectivity index (χ4n) is 2.19. The molecule has 1 aliphatic rings. The van der Waals surface area contributed by atoms with Gasteiger partial charge in [-0.25, -0.2) is 4.98 Å². The Bertz CT molecular complexity index is 497. The molecule has 2 aromatic rings. The Hall–Kier alpha value is -1.35. The summed E-state index contributed by atoms with van der Waals surface area (Å²) < 4.78 is 0. The van der Waals surface area contributed by atoms with Gasteiger partial charge in [0.2, 0.25) is 0 Å². The van der Waals surface area contributed by atoms with E-state index in [0.29, 0.717) is 0 Å². The second-order valence-corrected chi connectivity index (χ2v) is 4.62. The molecule has 1 aromatic heterocycles. The first kappa shape index (κ1) is 9.85. The third kappa shape index (κ3) is 1.71. The van der Waals surface area contributed by atoms with Gasteiger partial charge in [0.1, 0.15) is 5.82 Å². The zero-order valence-corrected chi connectivity index (χ0v) is 9.59. The number of benzene rings is 1. The fourth-order valence-corrected chi connectivity index (χ4v) is 2.19. The summed E-state index contributed by atoms with van der Waals surface area (Å²) in [6, 6.07) is 6.50. The van der Waals surface area contributed by atoms with Gasteiger partial charge in [-0.2, -0.15) is 0 Å². The molecule has 3 nitrogen and oxygen atoms in total. The lowest BCUT2D eigenvalue weighted by molar-refractivity contribution is 0.342. The number of aryl methyl sites for hydroxylation is 1. The molecule has 0 spiro atoms. The van der Waals surface area contributed by atoms with E-state index < -0.39 is 0 Å². The van der Waals surface area contributed by atoms with Crippen molar-refractivity contribution in [1.82, 2.24) is 15.3 Å². The zero-order chi connectivity index (χ0) is 11.0. The van der Waals surface area contributed by atoms with Crippen LogP contribution in [0.4, 0.5) is 0 Å². The van der Waals surface area contributed by atoms with Gasteiger partial charge in [-0.3, -0.25) is 0 Å². The summed E-state index contributed by atoms with van der Waals surface area (Å²) in [6.45, 7) is 4.45. The Morgan fingerprint density at radius 2 is 2.25 bits per heavy atom. The first-order chi connectivity index (χ1) is 7.85. The lowest BCUT2D eigenvalue weighted by Gasteiger charge is -2.25. The Balaban J connectivity index is 1.89. The molecule has 1 aromatic carbocycles. The fraction of sp³-hybridized carbons (Fsp3) is 0.462. The molecular formula is C13H17N3.